The number of carboxylic acid groups (broad SMARTS) is 1. The highest BCUT2D eigenvalue weighted by molar-refractivity contribution is 7.99. The van der Waals surface area contributed by atoms with Crippen LogP contribution in [0.15, 0.2) is 58.3 Å². The van der Waals surface area contributed by atoms with Crippen LogP contribution in [0.1, 0.15) is 15.9 Å². The van der Waals surface area contributed by atoms with E-state index < -0.39 is 5.97 Å². The van der Waals surface area contributed by atoms with Gasteiger partial charge >= 0.3 is 5.97 Å². The van der Waals surface area contributed by atoms with Crippen molar-refractivity contribution < 1.29 is 15.0 Å². The third-order valence-corrected chi connectivity index (χ3v) is 4.35. The van der Waals surface area contributed by atoms with Gasteiger partial charge in [-0.15, -0.1) is 0 Å². The Morgan fingerprint density at radius 2 is 1.83 bits per heavy atom. The molecule has 1 aromatic heterocycles. The average molecular weight is 322 g/mol. The predicted molar refractivity (Wildman–Crippen MR) is 85.6 cm³/mol. The van der Waals surface area contributed by atoms with Gasteiger partial charge in [-0.25, -0.2) is 9.78 Å². The molecular formula is C17H10N2O3S. The Balaban J connectivity index is 2.15. The fourth-order valence-electron chi connectivity index (χ4n) is 2.21. The maximum absolute atomic E-state index is 11.7. The molecule has 0 atom stereocenters. The van der Waals surface area contributed by atoms with Crippen molar-refractivity contribution in [3.8, 4) is 11.9 Å². The quantitative estimate of drug-likeness (QED) is 0.764. The van der Waals surface area contributed by atoms with Crippen LogP contribution >= 0.6 is 11.8 Å². The molecule has 23 heavy (non-hydrogen) atoms. The van der Waals surface area contributed by atoms with Crippen molar-refractivity contribution in [3.63, 3.8) is 0 Å². The molecular weight excluding hydrogens is 312 g/mol. The van der Waals surface area contributed by atoms with Crippen molar-refractivity contribution in [3.05, 3.63) is 59.7 Å². The molecule has 0 saturated carbocycles. The van der Waals surface area contributed by atoms with Crippen molar-refractivity contribution in [2.75, 3.05) is 0 Å². The van der Waals surface area contributed by atoms with Crippen LogP contribution in [0.3, 0.4) is 0 Å². The fraction of sp³-hybridized carbons (Fsp3) is 0. The van der Waals surface area contributed by atoms with Crippen LogP contribution in [0.2, 0.25) is 0 Å². The first-order valence-corrected chi connectivity index (χ1v) is 7.45. The maximum Gasteiger partial charge on any atom is 0.337 e. The lowest BCUT2D eigenvalue weighted by Gasteiger charge is -2.11. The summed E-state index contributed by atoms with van der Waals surface area (Å²) in [6.45, 7) is 0. The summed E-state index contributed by atoms with van der Waals surface area (Å²) in [5, 5.41) is 29.0. The van der Waals surface area contributed by atoms with Crippen LogP contribution in [0.4, 0.5) is 0 Å². The second kappa shape index (κ2) is 5.99. The first-order chi connectivity index (χ1) is 11.1. The number of pyridine rings is 1. The van der Waals surface area contributed by atoms with Gasteiger partial charge in [0.25, 0.3) is 0 Å². The average Bonchev–Trinajstić information content (AvgIpc) is 2.55. The number of aromatic hydroxyl groups is 1. The Morgan fingerprint density at radius 1 is 1.13 bits per heavy atom. The van der Waals surface area contributed by atoms with Crippen LogP contribution in [0, 0.1) is 11.3 Å². The van der Waals surface area contributed by atoms with E-state index in [0.717, 1.165) is 11.8 Å². The third-order valence-electron chi connectivity index (χ3n) is 3.25. The minimum atomic E-state index is -1.13. The molecule has 0 aliphatic heterocycles. The number of nitrogens with zero attached hydrogens (tertiary/aromatic N) is 2. The maximum atomic E-state index is 11.7. The molecule has 0 aliphatic carbocycles. The van der Waals surface area contributed by atoms with Crippen LogP contribution in [-0.2, 0) is 0 Å². The van der Waals surface area contributed by atoms with Gasteiger partial charge in [-0.2, -0.15) is 5.26 Å². The molecule has 0 amide bonds. The van der Waals surface area contributed by atoms with Gasteiger partial charge in [0.05, 0.1) is 27.6 Å². The fourth-order valence-corrected chi connectivity index (χ4v) is 3.15. The molecule has 0 fully saturated rings. The van der Waals surface area contributed by atoms with Gasteiger partial charge in [0.15, 0.2) is 0 Å². The third kappa shape index (κ3) is 2.82. The van der Waals surface area contributed by atoms with E-state index in [9.17, 15) is 15.0 Å². The van der Waals surface area contributed by atoms with Gasteiger partial charge in [0.2, 0.25) is 5.88 Å². The van der Waals surface area contributed by atoms with Crippen molar-refractivity contribution >= 4 is 28.6 Å². The lowest BCUT2D eigenvalue weighted by atomic mass is 10.1. The molecule has 3 rings (SSSR count). The molecule has 1 heterocycles. The Bertz CT molecular complexity index is 946. The van der Waals surface area contributed by atoms with E-state index in [-0.39, 0.29) is 16.3 Å². The second-order valence-corrected chi connectivity index (χ2v) is 5.78. The highest BCUT2D eigenvalue weighted by atomic mass is 32.2. The Labute approximate surface area is 135 Å². The minimum Gasteiger partial charge on any atom is -0.492 e. The number of rotatable bonds is 3. The molecule has 2 aromatic carbocycles. The molecule has 112 valence electrons. The number of aromatic carboxylic acids is 1. The van der Waals surface area contributed by atoms with E-state index in [1.165, 1.54) is 0 Å². The summed E-state index contributed by atoms with van der Waals surface area (Å²) >= 11 is 1.10. The van der Waals surface area contributed by atoms with E-state index in [2.05, 4.69) is 4.98 Å². The first kappa shape index (κ1) is 14.9. The Kier molecular flexibility index (Phi) is 3.87. The normalized spacial score (nSPS) is 10.4. The summed E-state index contributed by atoms with van der Waals surface area (Å²) in [7, 11) is 0. The molecule has 0 saturated heterocycles. The van der Waals surface area contributed by atoms with Crippen molar-refractivity contribution in [1.29, 1.82) is 5.26 Å². The van der Waals surface area contributed by atoms with Gasteiger partial charge < -0.3 is 10.2 Å². The summed E-state index contributed by atoms with van der Waals surface area (Å²) < 4.78 is 0. The number of nitriles is 1. The molecule has 5 nitrogen and oxygen atoms in total. The zero-order valence-corrected chi connectivity index (χ0v) is 12.5. The number of benzene rings is 2. The lowest BCUT2D eigenvalue weighted by Crippen LogP contribution is -2.02. The van der Waals surface area contributed by atoms with Crippen LogP contribution in [0.5, 0.6) is 5.88 Å². The van der Waals surface area contributed by atoms with Crippen LogP contribution < -0.4 is 0 Å². The number of fused-ring (bicyclic) bond motifs is 1. The number of aromatic nitrogens is 1. The Hall–Kier alpha value is -3.04. The molecule has 0 aliphatic rings. The molecule has 2 N–H and O–H groups in total. The molecule has 0 unspecified atom stereocenters. The standard InChI is InChI=1S/C17H10N2O3S/c18-9-10-5-7-11(8-6-10)23-15-14(17(21)22)12-3-1-2-4-13(12)19-16(15)20/h1-8H,(H,19,20)(H,21,22). The topological polar surface area (TPSA) is 94.2 Å². The largest absolute Gasteiger partial charge is 0.492 e. The summed E-state index contributed by atoms with van der Waals surface area (Å²) in [4.78, 5) is 16.6. The van der Waals surface area contributed by atoms with Crippen LogP contribution in [-0.4, -0.2) is 21.2 Å². The van der Waals surface area contributed by atoms with Gasteiger partial charge in [-0.1, -0.05) is 30.0 Å². The molecule has 0 radical (unpaired) electrons. The Morgan fingerprint density at radius 3 is 2.48 bits per heavy atom. The number of carboxylic acids is 1. The van der Waals surface area contributed by atoms with E-state index in [4.69, 9.17) is 5.26 Å². The van der Waals surface area contributed by atoms with Crippen molar-refractivity contribution in [2.24, 2.45) is 0 Å². The second-order valence-electron chi connectivity index (χ2n) is 4.70. The smallest absolute Gasteiger partial charge is 0.337 e. The number of hydrogen-bond acceptors (Lipinski definition) is 5. The monoisotopic (exact) mass is 322 g/mol. The summed E-state index contributed by atoms with van der Waals surface area (Å²) in [5.41, 5.74) is 0.947. The lowest BCUT2D eigenvalue weighted by molar-refractivity contribution is 0.0694. The van der Waals surface area contributed by atoms with Gasteiger partial charge in [0, 0.05) is 10.3 Å². The number of hydrogen-bond donors (Lipinski definition) is 2. The zero-order valence-electron chi connectivity index (χ0n) is 11.7. The van der Waals surface area contributed by atoms with Gasteiger partial charge in [-0.05, 0) is 30.3 Å². The molecule has 3 aromatic rings. The number of para-hydroxylation sites is 1. The van der Waals surface area contributed by atoms with Crippen molar-refractivity contribution in [2.45, 2.75) is 9.79 Å². The van der Waals surface area contributed by atoms with Crippen LogP contribution in [0.25, 0.3) is 10.9 Å². The summed E-state index contributed by atoms with van der Waals surface area (Å²) in [6, 6.07) is 15.4. The zero-order chi connectivity index (χ0) is 16.4. The summed E-state index contributed by atoms with van der Waals surface area (Å²) in [6.07, 6.45) is 0. The molecule has 0 bridgehead atoms. The molecule has 6 heteroatoms. The van der Waals surface area contributed by atoms with Gasteiger partial charge in [0.1, 0.15) is 0 Å². The predicted octanol–water partition coefficient (Wildman–Crippen LogP) is 3.66. The SMILES string of the molecule is N#Cc1ccc(Sc2c(O)nc3ccccc3c2C(=O)O)cc1. The summed E-state index contributed by atoms with van der Waals surface area (Å²) in [5.74, 6) is -1.45. The van der Waals surface area contributed by atoms with Gasteiger partial charge in [-0.3, -0.25) is 0 Å². The highest BCUT2D eigenvalue weighted by Crippen LogP contribution is 2.39. The van der Waals surface area contributed by atoms with Crippen molar-refractivity contribution in [1.82, 2.24) is 4.98 Å². The number of carbonyl (C=O) groups is 1. The van der Waals surface area contributed by atoms with E-state index in [1.54, 1.807) is 48.5 Å². The highest BCUT2D eigenvalue weighted by Gasteiger charge is 2.21. The first-order valence-electron chi connectivity index (χ1n) is 6.63. The van der Waals surface area contributed by atoms with E-state index in [0.29, 0.717) is 21.4 Å². The van der Waals surface area contributed by atoms with E-state index in [1.807, 2.05) is 6.07 Å². The van der Waals surface area contributed by atoms with E-state index >= 15 is 0 Å². The minimum absolute atomic E-state index is 0.0162. The molecule has 0 spiro atoms.